The molecule has 2 aromatic heterocycles. The van der Waals surface area contributed by atoms with E-state index < -0.39 is 10.0 Å². The molecule has 5 rings (SSSR count). The van der Waals surface area contributed by atoms with Crippen LogP contribution >= 0.6 is 0 Å². The van der Waals surface area contributed by atoms with Crippen molar-refractivity contribution in [2.75, 3.05) is 13.1 Å². The molecule has 2 aliphatic heterocycles. The molecular formula is C24H30N6O3S. The summed E-state index contributed by atoms with van der Waals surface area (Å²) in [6, 6.07) is 11.8. The number of nitrogens with one attached hydrogen (secondary N) is 2. The highest BCUT2D eigenvalue weighted by atomic mass is 32.2. The second-order valence-electron chi connectivity index (χ2n) is 8.95. The minimum Gasteiger partial charge on any atom is -0.347 e. The number of nitrogens with zero attached hydrogens (tertiary/aromatic N) is 4. The number of carbonyl (C=O) groups is 1. The molecule has 2 N–H and O–H groups in total. The summed E-state index contributed by atoms with van der Waals surface area (Å²) >= 11 is 0. The fraction of sp³-hybridized carbons (Fsp3) is 0.417. The highest BCUT2D eigenvalue weighted by Crippen LogP contribution is 2.28. The lowest BCUT2D eigenvalue weighted by Crippen LogP contribution is -2.38. The third-order valence-corrected chi connectivity index (χ3v) is 8.93. The molecule has 0 bridgehead atoms. The number of hydrogen-bond acceptors (Lipinski definition) is 5. The van der Waals surface area contributed by atoms with Crippen LogP contribution in [0.4, 0.5) is 0 Å². The van der Waals surface area contributed by atoms with Crippen molar-refractivity contribution in [2.45, 2.75) is 50.3 Å². The van der Waals surface area contributed by atoms with Crippen LogP contribution in [-0.4, -0.2) is 46.1 Å². The van der Waals surface area contributed by atoms with Gasteiger partial charge < -0.3 is 15.2 Å². The van der Waals surface area contributed by atoms with Gasteiger partial charge in [0.15, 0.2) is 0 Å². The molecular weight excluding hydrogens is 452 g/mol. The zero-order chi connectivity index (χ0) is 23.9. The molecule has 0 radical (unpaired) electrons. The van der Waals surface area contributed by atoms with Crippen LogP contribution < -0.4 is 10.6 Å². The van der Waals surface area contributed by atoms with E-state index in [4.69, 9.17) is 0 Å². The molecule has 1 fully saturated rings. The first kappa shape index (κ1) is 22.8. The zero-order valence-electron chi connectivity index (χ0n) is 19.5. The lowest BCUT2D eigenvalue weighted by atomic mass is 9.99. The Hall–Kier alpha value is -2.95. The Bertz CT molecular complexity index is 1320. The summed E-state index contributed by atoms with van der Waals surface area (Å²) in [7, 11) is -2.02. The Balaban J connectivity index is 1.34. The summed E-state index contributed by atoms with van der Waals surface area (Å²) in [6.45, 7) is 4.25. The van der Waals surface area contributed by atoms with Gasteiger partial charge >= 0.3 is 0 Å². The van der Waals surface area contributed by atoms with E-state index in [1.807, 2.05) is 28.9 Å². The lowest BCUT2D eigenvalue weighted by Gasteiger charge is -2.26. The number of amides is 1. The standard InChI is InChI=1S/C24H30N6O3S/c1-17-23(34(32,33)29-12-13-30-19(16-29)9-11-27-30)14-22(28(17)2)24(31)26-15-18-6-3-4-7-20(18)21-8-5-10-25-21/h3-4,6-7,9,11,14,21,25H,5,8,10,12-13,15-16H2,1-2H3,(H,26,31). The minimum atomic E-state index is -3.75. The van der Waals surface area contributed by atoms with Crippen LogP contribution in [0, 0.1) is 6.92 Å². The van der Waals surface area contributed by atoms with Gasteiger partial charge in [-0.1, -0.05) is 24.3 Å². The Kier molecular flexibility index (Phi) is 6.05. The third kappa shape index (κ3) is 4.06. The summed E-state index contributed by atoms with van der Waals surface area (Å²) in [5.41, 5.74) is 4.00. The van der Waals surface area contributed by atoms with Gasteiger partial charge in [0.05, 0.1) is 18.8 Å². The van der Waals surface area contributed by atoms with Gasteiger partial charge in [0.2, 0.25) is 10.0 Å². The monoisotopic (exact) mass is 482 g/mol. The van der Waals surface area contributed by atoms with E-state index in [1.54, 1.807) is 24.7 Å². The maximum atomic E-state index is 13.4. The van der Waals surface area contributed by atoms with Crippen molar-refractivity contribution in [1.29, 1.82) is 0 Å². The van der Waals surface area contributed by atoms with Crippen LogP contribution in [0.2, 0.25) is 0 Å². The topological polar surface area (TPSA) is 101 Å². The van der Waals surface area contributed by atoms with Gasteiger partial charge in [0, 0.05) is 38.1 Å². The summed E-state index contributed by atoms with van der Waals surface area (Å²) in [5.74, 6) is -0.294. The SMILES string of the molecule is Cc1c(S(=O)(=O)N2CCn3nccc3C2)cc(C(=O)NCc2ccccc2C2CCCN2)n1C. The van der Waals surface area contributed by atoms with Crippen LogP contribution in [0.1, 0.15) is 51.9 Å². The maximum absolute atomic E-state index is 13.4. The first-order chi connectivity index (χ1) is 16.4. The van der Waals surface area contributed by atoms with Gasteiger partial charge in [-0.3, -0.25) is 9.48 Å². The number of rotatable bonds is 6. The van der Waals surface area contributed by atoms with E-state index >= 15 is 0 Å². The largest absolute Gasteiger partial charge is 0.347 e. The van der Waals surface area contributed by atoms with Crippen molar-refractivity contribution in [2.24, 2.45) is 7.05 Å². The molecule has 9 nitrogen and oxygen atoms in total. The van der Waals surface area contributed by atoms with Gasteiger partial charge in [-0.15, -0.1) is 0 Å². The number of aromatic nitrogens is 3. The molecule has 1 unspecified atom stereocenters. The molecule has 1 amide bonds. The maximum Gasteiger partial charge on any atom is 0.268 e. The van der Waals surface area contributed by atoms with Crippen LogP contribution in [0.5, 0.6) is 0 Å². The van der Waals surface area contributed by atoms with E-state index in [-0.39, 0.29) is 17.3 Å². The predicted molar refractivity (Wildman–Crippen MR) is 128 cm³/mol. The Morgan fingerprint density at radius 1 is 1.24 bits per heavy atom. The fourth-order valence-corrected chi connectivity index (χ4v) is 6.58. The quantitative estimate of drug-likeness (QED) is 0.560. The number of sulfonamides is 1. The molecule has 0 aliphatic carbocycles. The van der Waals surface area contributed by atoms with Crippen molar-refractivity contribution in [3.63, 3.8) is 0 Å². The van der Waals surface area contributed by atoms with Gasteiger partial charge in [-0.2, -0.15) is 9.40 Å². The summed E-state index contributed by atoms with van der Waals surface area (Å²) in [5, 5.41) is 10.7. The van der Waals surface area contributed by atoms with Crippen molar-refractivity contribution in [3.8, 4) is 0 Å². The van der Waals surface area contributed by atoms with Crippen molar-refractivity contribution in [1.82, 2.24) is 29.3 Å². The molecule has 1 atom stereocenters. The highest BCUT2D eigenvalue weighted by molar-refractivity contribution is 7.89. The second kappa shape index (κ2) is 9.01. The molecule has 0 spiro atoms. The molecule has 2 aliphatic rings. The Morgan fingerprint density at radius 3 is 2.85 bits per heavy atom. The van der Waals surface area contributed by atoms with Crippen molar-refractivity contribution < 1.29 is 13.2 Å². The van der Waals surface area contributed by atoms with E-state index in [1.165, 1.54) is 15.9 Å². The molecule has 0 saturated carbocycles. The summed E-state index contributed by atoms with van der Waals surface area (Å²) in [4.78, 5) is 13.3. The average Bonchev–Trinajstić information content (AvgIpc) is 3.59. The van der Waals surface area contributed by atoms with Crippen LogP contribution in [0.3, 0.4) is 0 Å². The second-order valence-corrected chi connectivity index (χ2v) is 10.9. The van der Waals surface area contributed by atoms with E-state index in [2.05, 4.69) is 21.8 Å². The molecule has 180 valence electrons. The molecule has 34 heavy (non-hydrogen) atoms. The third-order valence-electron chi connectivity index (χ3n) is 6.97. The molecule has 4 heterocycles. The molecule has 1 saturated heterocycles. The Morgan fingerprint density at radius 2 is 2.06 bits per heavy atom. The normalized spacial score (nSPS) is 18.7. The first-order valence-corrected chi connectivity index (χ1v) is 13.1. The fourth-order valence-electron chi connectivity index (χ4n) is 4.91. The number of hydrogen-bond donors (Lipinski definition) is 2. The van der Waals surface area contributed by atoms with Crippen LogP contribution in [-0.2, 0) is 36.7 Å². The molecule has 10 heteroatoms. The van der Waals surface area contributed by atoms with Gasteiger partial charge in [0.1, 0.15) is 10.6 Å². The van der Waals surface area contributed by atoms with E-state index in [0.717, 1.165) is 30.6 Å². The van der Waals surface area contributed by atoms with Crippen LogP contribution in [0.15, 0.2) is 47.5 Å². The number of carbonyl (C=O) groups excluding carboxylic acids is 1. The summed E-state index contributed by atoms with van der Waals surface area (Å²) < 4.78 is 31.8. The molecule has 1 aromatic carbocycles. The highest BCUT2D eigenvalue weighted by Gasteiger charge is 2.32. The summed E-state index contributed by atoms with van der Waals surface area (Å²) in [6.07, 6.45) is 3.91. The van der Waals surface area contributed by atoms with Gasteiger partial charge in [0.25, 0.3) is 5.91 Å². The van der Waals surface area contributed by atoms with Crippen molar-refractivity contribution in [3.05, 3.63) is 70.8 Å². The molecule has 3 aromatic rings. The first-order valence-electron chi connectivity index (χ1n) is 11.6. The van der Waals surface area contributed by atoms with Gasteiger partial charge in [-0.25, -0.2) is 8.42 Å². The predicted octanol–water partition coefficient (Wildman–Crippen LogP) is 2.09. The Labute approximate surface area is 199 Å². The minimum absolute atomic E-state index is 0.170. The number of benzene rings is 1. The van der Waals surface area contributed by atoms with Crippen molar-refractivity contribution >= 4 is 15.9 Å². The number of fused-ring (bicyclic) bond motifs is 1. The van der Waals surface area contributed by atoms with Gasteiger partial charge in [-0.05, 0) is 49.6 Å². The lowest BCUT2D eigenvalue weighted by molar-refractivity contribution is 0.0942. The van der Waals surface area contributed by atoms with Crippen LogP contribution in [0.25, 0.3) is 0 Å². The van der Waals surface area contributed by atoms with E-state index in [9.17, 15) is 13.2 Å². The zero-order valence-corrected chi connectivity index (χ0v) is 20.3. The average molecular weight is 483 g/mol. The van der Waals surface area contributed by atoms with E-state index in [0.29, 0.717) is 37.1 Å². The smallest absolute Gasteiger partial charge is 0.268 e.